The van der Waals surface area contributed by atoms with Crippen molar-refractivity contribution in [2.75, 3.05) is 11.6 Å². The van der Waals surface area contributed by atoms with Crippen molar-refractivity contribution in [3.05, 3.63) is 59.7 Å². The number of hydrogen-bond donors (Lipinski definition) is 1. The highest BCUT2D eigenvalue weighted by Crippen LogP contribution is 2.41. The molecule has 0 spiro atoms. The van der Waals surface area contributed by atoms with E-state index in [2.05, 4.69) is 60.1 Å². The molecule has 3 rings (SSSR count). The van der Waals surface area contributed by atoms with Gasteiger partial charge in [-0.25, -0.2) is 0 Å². The molecule has 1 fully saturated rings. The van der Waals surface area contributed by atoms with Crippen molar-refractivity contribution in [3.63, 3.8) is 0 Å². The van der Waals surface area contributed by atoms with Crippen molar-refractivity contribution in [1.29, 1.82) is 0 Å². The molecule has 0 amide bonds. The summed E-state index contributed by atoms with van der Waals surface area (Å²) in [5.41, 5.74) is 4.22. The molecule has 98 valence electrons. The fourth-order valence-corrected chi connectivity index (χ4v) is 3.04. The molecule has 2 aromatic rings. The van der Waals surface area contributed by atoms with Crippen molar-refractivity contribution in [1.82, 2.24) is 0 Å². The van der Waals surface area contributed by atoms with E-state index in [1.54, 1.807) is 11.8 Å². The first-order chi connectivity index (χ1) is 9.38. The fourth-order valence-electron chi connectivity index (χ4n) is 2.47. The topological polar surface area (TPSA) is 12.0 Å². The molecule has 1 nitrogen and oxygen atoms in total. The maximum absolute atomic E-state index is 3.58. The lowest BCUT2D eigenvalue weighted by atomic mass is 10.0. The number of thioether (sulfide) groups is 1. The Morgan fingerprint density at radius 2 is 1.79 bits per heavy atom. The molecule has 0 aliphatic heterocycles. The SMILES string of the molecule is CSc1ccccc1NCc1ccccc1C1CC1. The molecule has 2 heteroatoms. The Labute approximate surface area is 119 Å². The van der Waals surface area contributed by atoms with Gasteiger partial charge in [-0.15, -0.1) is 11.8 Å². The van der Waals surface area contributed by atoms with Crippen LogP contribution in [0.5, 0.6) is 0 Å². The average molecular weight is 269 g/mol. The number of benzene rings is 2. The van der Waals surface area contributed by atoms with Crippen molar-refractivity contribution in [2.24, 2.45) is 0 Å². The van der Waals surface area contributed by atoms with Crippen LogP contribution in [0, 0.1) is 0 Å². The minimum absolute atomic E-state index is 0.814. The second-order valence-electron chi connectivity index (χ2n) is 5.03. The van der Waals surface area contributed by atoms with Crippen LogP contribution in [0.1, 0.15) is 29.9 Å². The van der Waals surface area contributed by atoms with Gasteiger partial charge in [0.15, 0.2) is 0 Å². The van der Waals surface area contributed by atoms with E-state index in [-0.39, 0.29) is 0 Å². The van der Waals surface area contributed by atoms with Crippen molar-refractivity contribution >= 4 is 17.4 Å². The maximum atomic E-state index is 3.58. The van der Waals surface area contributed by atoms with Gasteiger partial charge in [0.25, 0.3) is 0 Å². The van der Waals surface area contributed by atoms with E-state index in [0.29, 0.717) is 0 Å². The first kappa shape index (κ1) is 12.6. The van der Waals surface area contributed by atoms with Crippen molar-refractivity contribution in [2.45, 2.75) is 30.2 Å². The predicted molar refractivity (Wildman–Crippen MR) is 84.0 cm³/mol. The van der Waals surface area contributed by atoms with Gasteiger partial charge < -0.3 is 5.32 Å². The highest BCUT2D eigenvalue weighted by molar-refractivity contribution is 7.98. The van der Waals surface area contributed by atoms with Crippen LogP contribution in [0.4, 0.5) is 5.69 Å². The summed E-state index contributed by atoms with van der Waals surface area (Å²) < 4.78 is 0. The van der Waals surface area contributed by atoms with Gasteiger partial charge in [0, 0.05) is 17.1 Å². The van der Waals surface area contributed by atoms with E-state index in [1.807, 2.05) is 0 Å². The summed E-state index contributed by atoms with van der Waals surface area (Å²) in [4.78, 5) is 1.31. The zero-order valence-corrected chi connectivity index (χ0v) is 12.0. The smallest absolute Gasteiger partial charge is 0.0480 e. The van der Waals surface area contributed by atoms with Crippen LogP contribution >= 0.6 is 11.8 Å². The molecule has 1 aliphatic carbocycles. The molecule has 2 aromatic carbocycles. The molecule has 1 N–H and O–H groups in total. The molecular weight excluding hydrogens is 250 g/mol. The van der Waals surface area contributed by atoms with Gasteiger partial charge in [-0.1, -0.05) is 36.4 Å². The molecule has 1 aliphatic rings. The van der Waals surface area contributed by atoms with E-state index in [0.717, 1.165) is 12.5 Å². The maximum Gasteiger partial charge on any atom is 0.0480 e. The van der Waals surface area contributed by atoms with E-state index >= 15 is 0 Å². The van der Waals surface area contributed by atoms with Crippen LogP contribution in [0.15, 0.2) is 53.4 Å². The van der Waals surface area contributed by atoms with Crippen LogP contribution in [0.25, 0.3) is 0 Å². The van der Waals surface area contributed by atoms with Crippen LogP contribution in [0.3, 0.4) is 0 Å². The lowest BCUT2D eigenvalue weighted by molar-refractivity contribution is 1.03. The second kappa shape index (κ2) is 5.70. The van der Waals surface area contributed by atoms with E-state index in [4.69, 9.17) is 0 Å². The molecular formula is C17H19NS. The second-order valence-corrected chi connectivity index (χ2v) is 5.87. The Hall–Kier alpha value is -1.41. The van der Waals surface area contributed by atoms with Gasteiger partial charge in [0.05, 0.1) is 0 Å². The summed E-state index contributed by atoms with van der Waals surface area (Å²) in [5, 5.41) is 3.58. The summed E-state index contributed by atoms with van der Waals surface area (Å²) in [5.74, 6) is 0.814. The third-order valence-corrected chi connectivity index (χ3v) is 4.44. The fraction of sp³-hybridized carbons (Fsp3) is 0.294. The third-order valence-electron chi connectivity index (χ3n) is 3.65. The molecule has 19 heavy (non-hydrogen) atoms. The Kier molecular flexibility index (Phi) is 3.79. The predicted octanol–water partition coefficient (Wildman–Crippen LogP) is 4.90. The number of anilines is 1. The van der Waals surface area contributed by atoms with Gasteiger partial charge in [0.1, 0.15) is 0 Å². The molecule has 0 saturated heterocycles. The molecule has 1 saturated carbocycles. The van der Waals surface area contributed by atoms with Gasteiger partial charge in [0.2, 0.25) is 0 Å². The van der Waals surface area contributed by atoms with Crippen LogP contribution in [0.2, 0.25) is 0 Å². The van der Waals surface area contributed by atoms with Gasteiger partial charge >= 0.3 is 0 Å². The minimum atomic E-state index is 0.814. The number of rotatable bonds is 5. The monoisotopic (exact) mass is 269 g/mol. The van der Waals surface area contributed by atoms with E-state index in [9.17, 15) is 0 Å². The van der Waals surface area contributed by atoms with Crippen LogP contribution in [-0.2, 0) is 6.54 Å². The molecule has 0 aromatic heterocycles. The van der Waals surface area contributed by atoms with Crippen LogP contribution in [-0.4, -0.2) is 6.26 Å². The average Bonchev–Trinajstić information content (AvgIpc) is 3.30. The van der Waals surface area contributed by atoms with Gasteiger partial charge in [-0.2, -0.15) is 0 Å². The Morgan fingerprint density at radius 3 is 2.58 bits per heavy atom. The van der Waals surface area contributed by atoms with Crippen LogP contribution < -0.4 is 5.32 Å². The minimum Gasteiger partial charge on any atom is -0.380 e. The first-order valence-electron chi connectivity index (χ1n) is 6.83. The number of para-hydroxylation sites is 1. The molecule has 0 radical (unpaired) electrons. The largest absolute Gasteiger partial charge is 0.380 e. The standard InChI is InChI=1S/C17H19NS/c1-19-17-9-5-4-8-16(17)18-12-14-6-2-3-7-15(14)13-10-11-13/h2-9,13,18H,10-12H2,1H3. The van der Waals surface area contributed by atoms with E-state index < -0.39 is 0 Å². The highest BCUT2D eigenvalue weighted by atomic mass is 32.2. The summed E-state index contributed by atoms with van der Waals surface area (Å²) >= 11 is 1.79. The Bertz CT molecular complexity index is 561. The van der Waals surface area contributed by atoms with Gasteiger partial charge in [-0.3, -0.25) is 0 Å². The first-order valence-corrected chi connectivity index (χ1v) is 8.05. The zero-order chi connectivity index (χ0) is 13.1. The molecule has 0 heterocycles. The highest BCUT2D eigenvalue weighted by Gasteiger charge is 2.25. The normalized spacial score (nSPS) is 14.4. The summed E-state index contributed by atoms with van der Waals surface area (Å²) in [6.45, 7) is 0.921. The Balaban J connectivity index is 1.75. The molecule has 0 bridgehead atoms. The summed E-state index contributed by atoms with van der Waals surface area (Å²) in [6.07, 6.45) is 4.84. The van der Waals surface area contributed by atoms with Crippen molar-refractivity contribution < 1.29 is 0 Å². The van der Waals surface area contributed by atoms with Crippen molar-refractivity contribution in [3.8, 4) is 0 Å². The quantitative estimate of drug-likeness (QED) is 0.775. The summed E-state index contributed by atoms with van der Waals surface area (Å²) in [6, 6.07) is 17.4. The summed E-state index contributed by atoms with van der Waals surface area (Å²) in [7, 11) is 0. The molecule has 0 atom stereocenters. The molecule has 0 unspecified atom stereocenters. The number of hydrogen-bond acceptors (Lipinski definition) is 2. The lowest BCUT2D eigenvalue weighted by Crippen LogP contribution is -2.03. The van der Waals surface area contributed by atoms with E-state index in [1.165, 1.54) is 34.6 Å². The zero-order valence-electron chi connectivity index (χ0n) is 11.2. The van der Waals surface area contributed by atoms with Gasteiger partial charge in [-0.05, 0) is 48.3 Å². The number of nitrogens with one attached hydrogen (secondary N) is 1. The third kappa shape index (κ3) is 2.95. The lowest BCUT2D eigenvalue weighted by Gasteiger charge is -2.13. The Morgan fingerprint density at radius 1 is 1.05 bits per heavy atom.